The first-order valence-corrected chi connectivity index (χ1v) is 5.77. The molecule has 0 radical (unpaired) electrons. The molecule has 1 unspecified atom stereocenters. The molecule has 15 heavy (non-hydrogen) atoms. The van der Waals surface area contributed by atoms with Crippen molar-refractivity contribution in [3.05, 3.63) is 47.0 Å². The lowest BCUT2D eigenvalue weighted by Gasteiger charge is -2.10. The fraction of sp³-hybridized carbons (Fsp3) is 0.333. The van der Waals surface area contributed by atoms with E-state index < -0.39 is 0 Å². The number of hydrogen-bond acceptors (Lipinski definition) is 1. The van der Waals surface area contributed by atoms with E-state index in [1.54, 1.807) is 5.54 Å². The van der Waals surface area contributed by atoms with Crippen LogP contribution < -0.4 is 5.32 Å². The molecule has 1 rings (SSSR count). The van der Waals surface area contributed by atoms with E-state index in [1.807, 2.05) is 37.3 Å². The van der Waals surface area contributed by atoms with Crippen LogP contribution in [0.4, 0.5) is 0 Å². The summed E-state index contributed by atoms with van der Waals surface area (Å²) in [7, 11) is 0. The van der Waals surface area contributed by atoms with Crippen molar-refractivity contribution in [2.45, 2.75) is 12.3 Å². The second-order valence-corrected chi connectivity index (χ2v) is 4.21. The Hall–Kier alpha value is -0.500. The number of alkyl halides is 1. The Balaban J connectivity index is 2.34. The van der Waals surface area contributed by atoms with Crippen LogP contribution in [-0.2, 0) is 0 Å². The van der Waals surface area contributed by atoms with Crippen molar-refractivity contribution in [3.8, 4) is 0 Å². The molecule has 1 atom stereocenters. The molecule has 0 bridgehead atoms. The molecule has 0 aromatic heterocycles. The third-order valence-electron chi connectivity index (χ3n) is 2.07. The fourth-order valence-corrected chi connectivity index (χ4v) is 1.55. The Kier molecular flexibility index (Phi) is 5.77. The van der Waals surface area contributed by atoms with Crippen molar-refractivity contribution < 1.29 is 0 Å². The Morgan fingerprint density at radius 3 is 2.67 bits per heavy atom. The van der Waals surface area contributed by atoms with Gasteiger partial charge in [-0.1, -0.05) is 41.9 Å². The smallest absolute Gasteiger partial charge is 0.0709 e. The van der Waals surface area contributed by atoms with Crippen LogP contribution in [0.15, 0.2) is 41.4 Å². The van der Waals surface area contributed by atoms with Gasteiger partial charge in [-0.25, -0.2) is 0 Å². The minimum absolute atomic E-state index is 0.00863. The van der Waals surface area contributed by atoms with E-state index in [2.05, 4.69) is 5.32 Å². The van der Waals surface area contributed by atoms with E-state index in [0.717, 1.165) is 24.2 Å². The van der Waals surface area contributed by atoms with Gasteiger partial charge in [0.15, 0.2) is 0 Å². The van der Waals surface area contributed by atoms with Crippen molar-refractivity contribution in [1.29, 1.82) is 0 Å². The molecule has 0 saturated heterocycles. The zero-order valence-corrected chi connectivity index (χ0v) is 10.2. The van der Waals surface area contributed by atoms with Crippen molar-refractivity contribution in [2.24, 2.45) is 0 Å². The van der Waals surface area contributed by atoms with Gasteiger partial charge >= 0.3 is 0 Å². The van der Waals surface area contributed by atoms with E-state index in [0.29, 0.717) is 0 Å². The Morgan fingerprint density at radius 1 is 1.40 bits per heavy atom. The lowest BCUT2D eigenvalue weighted by Crippen LogP contribution is -2.20. The van der Waals surface area contributed by atoms with E-state index in [1.165, 1.54) is 0 Å². The first-order valence-electron chi connectivity index (χ1n) is 4.89. The standard InChI is InChI=1S/C12H15Cl2N/c1-10(7-13)8-15-9-12(14)11-5-3-2-4-6-11/h2-7,12,15H,8-9H2,1H3/b10-7-. The van der Waals surface area contributed by atoms with Gasteiger partial charge in [0.05, 0.1) is 5.38 Å². The molecule has 82 valence electrons. The summed E-state index contributed by atoms with van der Waals surface area (Å²) in [4.78, 5) is 0. The fourth-order valence-electron chi connectivity index (χ4n) is 1.21. The molecule has 0 heterocycles. The molecule has 0 fully saturated rings. The quantitative estimate of drug-likeness (QED) is 0.779. The summed E-state index contributed by atoms with van der Waals surface area (Å²) in [5.41, 5.74) is 3.83. The van der Waals surface area contributed by atoms with Crippen molar-refractivity contribution in [2.75, 3.05) is 13.1 Å². The normalized spacial score (nSPS) is 13.9. The first-order chi connectivity index (χ1) is 7.24. The molecule has 1 aromatic carbocycles. The van der Waals surface area contributed by atoms with E-state index in [4.69, 9.17) is 23.2 Å². The van der Waals surface area contributed by atoms with Gasteiger partial charge in [0, 0.05) is 18.6 Å². The van der Waals surface area contributed by atoms with Gasteiger partial charge in [-0.2, -0.15) is 0 Å². The summed E-state index contributed by atoms with van der Waals surface area (Å²) < 4.78 is 0. The van der Waals surface area contributed by atoms with Crippen LogP contribution in [0.1, 0.15) is 17.9 Å². The minimum Gasteiger partial charge on any atom is -0.311 e. The molecule has 1 nitrogen and oxygen atoms in total. The minimum atomic E-state index is 0.00863. The maximum atomic E-state index is 6.22. The number of hydrogen-bond donors (Lipinski definition) is 1. The molecule has 0 aliphatic heterocycles. The van der Waals surface area contributed by atoms with Crippen LogP contribution in [-0.4, -0.2) is 13.1 Å². The molecule has 0 saturated carbocycles. The molecule has 3 heteroatoms. The highest BCUT2D eigenvalue weighted by atomic mass is 35.5. The molecule has 1 N–H and O–H groups in total. The second kappa shape index (κ2) is 6.89. The van der Waals surface area contributed by atoms with Gasteiger partial charge in [-0.3, -0.25) is 0 Å². The summed E-state index contributed by atoms with van der Waals surface area (Å²) in [5.74, 6) is 0. The SMILES string of the molecule is C/C(=C/Cl)CNCC(Cl)c1ccccc1. The van der Waals surface area contributed by atoms with Crippen molar-refractivity contribution >= 4 is 23.2 Å². The van der Waals surface area contributed by atoms with Crippen molar-refractivity contribution in [3.63, 3.8) is 0 Å². The Labute approximate surface area is 101 Å². The molecular weight excluding hydrogens is 229 g/mol. The second-order valence-electron chi connectivity index (χ2n) is 3.46. The maximum Gasteiger partial charge on any atom is 0.0709 e. The Bertz CT molecular complexity index is 309. The number of halogens is 2. The highest BCUT2D eigenvalue weighted by molar-refractivity contribution is 6.25. The lowest BCUT2D eigenvalue weighted by molar-refractivity contribution is 0.713. The topological polar surface area (TPSA) is 12.0 Å². The van der Waals surface area contributed by atoms with Gasteiger partial charge in [0.25, 0.3) is 0 Å². The maximum absolute atomic E-state index is 6.22. The van der Waals surface area contributed by atoms with Crippen LogP contribution in [0.25, 0.3) is 0 Å². The zero-order valence-electron chi connectivity index (χ0n) is 8.71. The molecular formula is C12H15Cl2N. The highest BCUT2D eigenvalue weighted by Crippen LogP contribution is 2.18. The average Bonchev–Trinajstić information content (AvgIpc) is 2.29. The molecule has 0 spiro atoms. The number of rotatable bonds is 5. The van der Waals surface area contributed by atoms with Crippen LogP contribution in [0.2, 0.25) is 0 Å². The summed E-state index contributed by atoms with van der Waals surface area (Å²) in [6.07, 6.45) is 0. The van der Waals surface area contributed by atoms with Crippen LogP contribution in [0.5, 0.6) is 0 Å². The highest BCUT2D eigenvalue weighted by Gasteiger charge is 2.05. The van der Waals surface area contributed by atoms with E-state index in [-0.39, 0.29) is 5.38 Å². The van der Waals surface area contributed by atoms with Gasteiger partial charge in [-0.15, -0.1) is 11.6 Å². The van der Waals surface area contributed by atoms with Crippen molar-refractivity contribution in [1.82, 2.24) is 5.32 Å². The molecule has 0 amide bonds. The summed E-state index contributed by atoms with van der Waals surface area (Å²) in [6.45, 7) is 3.50. The third-order valence-corrected chi connectivity index (χ3v) is 2.85. The van der Waals surface area contributed by atoms with Gasteiger partial charge < -0.3 is 5.32 Å². The number of nitrogens with one attached hydrogen (secondary N) is 1. The predicted octanol–water partition coefficient (Wildman–Crippen LogP) is 3.70. The number of benzene rings is 1. The molecule has 0 aliphatic rings. The Morgan fingerprint density at radius 2 is 2.07 bits per heavy atom. The third kappa shape index (κ3) is 4.70. The molecule has 0 aliphatic carbocycles. The first kappa shape index (κ1) is 12.6. The van der Waals surface area contributed by atoms with Gasteiger partial charge in [0.2, 0.25) is 0 Å². The summed E-state index contributed by atoms with van der Waals surface area (Å²) >= 11 is 11.8. The van der Waals surface area contributed by atoms with E-state index in [9.17, 15) is 0 Å². The summed E-state index contributed by atoms with van der Waals surface area (Å²) in [6, 6.07) is 10.0. The monoisotopic (exact) mass is 243 g/mol. The van der Waals surface area contributed by atoms with Gasteiger partial charge in [0.1, 0.15) is 0 Å². The lowest BCUT2D eigenvalue weighted by atomic mass is 10.1. The largest absolute Gasteiger partial charge is 0.311 e. The van der Waals surface area contributed by atoms with Crippen LogP contribution in [0.3, 0.4) is 0 Å². The van der Waals surface area contributed by atoms with Crippen LogP contribution >= 0.6 is 23.2 Å². The molecule has 1 aromatic rings. The van der Waals surface area contributed by atoms with Crippen LogP contribution in [0, 0.1) is 0 Å². The zero-order chi connectivity index (χ0) is 11.1. The summed E-state index contributed by atoms with van der Waals surface area (Å²) in [5, 5.41) is 3.26. The predicted molar refractivity (Wildman–Crippen MR) is 67.5 cm³/mol. The average molecular weight is 244 g/mol. The van der Waals surface area contributed by atoms with Gasteiger partial charge in [-0.05, 0) is 18.1 Å². The van der Waals surface area contributed by atoms with E-state index >= 15 is 0 Å².